The van der Waals surface area contributed by atoms with Crippen molar-refractivity contribution in [1.82, 2.24) is 4.72 Å². The van der Waals surface area contributed by atoms with Crippen molar-refractivity contribution in [3.05, 3.63) is 54.1 Å². The van der Waals surface area contributed by atoms with Gasteiger partial charge in [-0.05, 0) is 37.7 Å². The molecule has 6 heteroatoms. The van der Waals surface area contributed by atoms with Gasteiger partial charge in [-0.15, -0.1) is 0 Å². The van der Waals surface area contributed by atoms with Crippen LogP contribution in [-0.2, 0) is 10.0 Å². The van der Waals surface area contributed by atoms with Gasteiger partial charge in [0.1, 0.15) is 4.90 Å². The summed E-state index contributed by atoms with van der Waals surface area (Å²) in [5.74, 6) is 0. The summed E-state index contributed by atoms with van der Waals surface area (Å²) in [6, 6.07) is 14.2. The molecule has 2 rings (SSSR count). The summed E-state index contributed by atoms with van der Waals surface area (Å²) in [6.07, 6.45) is 0. The van der Waals surface area contributed by atoms with Gasteiger partial charge in [0.15, 0.2) is 0 Å². The minimum absolute atomic E-state index is 0.151. The van der Waals surface area contributed by atoms with Gasteiger partial charge >= 0.3 is 0 Å². The summed E-state index contributed by atoms with van der Waals surface area (Å²) < 4.78 is 26.4. The monoisotopic (exact) mass is 305 g/mol. The van der Waals surface area contributed by atoms with Gasteiger partial charge in [-0.3, -0.25) is 0 Å². The van der Waals surface area contributed by atoms with E-state index in [-0.39, 0.29) is 10.9 Å². The van der Waals surface area contributed by atoms with E-state index < -0.39 is 10.0 Å². The van der Waals surface area contributed by atoms with Crippen LogP contribution in [0.4, 0.5) is 11.4 Å². The fourth-order valence-electron chi connectivity index (χ4n) is 2.07. The second kappa shape index (κ2) is 6.26. The van der Waals surface area contributed by atoms with E-state index in [0.717, 1.165) is 11.3 Å². The van der Waals surface area contributed by atoms with Gasteiger partial charge in [-0.2, -0.15) is 0 Å². The molecule has 112 valence electrons. The van der Waals surface area contributed by atoms with Gasteiger partial charge in [0, 0.05) is 11.7 Å². The summed E-state index contributed by atoms with van der Waals surface area (Å²) in [6.45, 7) is 1.89. The number of anilines is 2. The second-order valence-electron chi connectivity index (χ2n) is 4.70. The van der Waals surface area contributed by atoms with Crippen LogP contribution in [0.25, 0.3) is 0 Å². The first-order chi connectivity index (χ1) is 9.95. The van der Waals surface area contributed by atoms with E-state index in [1.807, 2.05) is 31.2 Å². The third-order valence-corrected chi connectivity index (χ3v) is 4.64. The summed E-state index contributed by atoms with van der Waals surface area (Å²) >= 11 is 0. The maximum atomic E-state index is 12.1. The van der Waals surface area contributed by atoms with E-state index in [0.29, 0.717) is 5.69 Å². The third-order valence-electron chi connectivity index (χ3n) is 3.17. The lowest BCUT2D eigenvalue weighted by molar-refractivity contribution is 0.588. The molecule has 0 aromatic heterocycles. The normalized spacial score (nSPS) is 12.9. The van der Waals surface area contributed by atoms with Crippen molar-refractivity contribution in [3.8, 4) is 0 Å². The van der Waals surface area contributed by atoms with Gasteiger partial charge in [0.2, 0.25) is 10.0 Å². The molecule has 4 N–H and O–H groups in total. The lowest BCUT2D eigenvalue weighted by Gasteiger charge is -2.16. The zero-order chi connectivity index (χ0) is 15.5. The van der Waals surface area contributed by atoms with Crippen LogP contribution < -0.4 is 15.8 Å². The number of nitrogens with one attached hydrogen (secondary N) is 2. The Morgan fingerprint density at radius 3 is 2.19 bits per heavy atom. The van der Waals surface area contributed by atoms with Crippen molar-refractivity contribution in [2.45, 2.75) is 17.9 Å². The average Bonchev–Trinajstić information content (AvgIpc) is 2.48. The highest BCUT2D eigenvalue weighted by atomic mass is 32.2. The zero-order valence-corrected chi connectivity index (χ0v) is 12.8. The Hall–Kier alpha value is -1.89. The number of sulfonamides is 1. The van der Waals surface area contributed by atoms with Crippen LogP contribution in [0.3, 0.4) is 0 Å². The quantitative estimate of drug-likeness (QED) is 0.791. The van der Waals surface area contributed by atoms with Crippen LogP contribution in [0.2, 0.25) is 0 Å². The molecule has 21 heavy (non-hydrogen) atoms. The predicted molar refractivity (Wildman–Crippen MR) is 85.0 cm³/mol. The van der Waals surface area contributed by atoms with Gasteiger partial charge in [-0.25, -0.2) is 13.1 Å². The van der Waals surface area contributed by atoms with Crippen molar-refractivity contribution < 1.29 is 8.42 Å². The molecule has 1 atom stereocenters. The van der Waals surface area contributed by atoms with Crippen LogP contribution in [0.1, 0.15) is 18.5 Å². The Labute approximate surface area is 125 Å². The summed E-state index contributed by atoms with van der Waals surface area (Å²) in [4.78, 5) is 0.201. The lowest BCUT2D eigenvalue weighted by atomic mass is 10.1. The number of hydrogen-bond donors (Lipinski definition) is 3. The maximum Gasteiger partial charge on any atom is 0.242 e. The molecule has 0 fully saturated rings. The molecule has 5 nitrogen and oxygen atoms in total. The van der Waals surface area contributed by atoms with Gasteiger partial charge in [0.05, 0.1) is 5.69 Å². The second-order valence-corrected chi connectivity index (χ2v) is 6.56. The highest BCUT2D eigenvalue weighted by molar-refractivity contribution is 7.89. The van der Waals surface area contributed by atoms with E-state index >= 15 is 0 Å². The first-order valence-electron chi connectivity index (χ1n) is 6.60. The lowest BCUT2D eigenvalue weighted by Crippen LogP contribution is -2.19. The number of nitrogens with two attached hydrogens (primary N) is 1. The van der Waals surface area contributed by atoms with Crippen LogP contribution in [-0.4, -0.2) is 15.5 Å². The maximum absolute atomic E-state index is 12.1. The molecule has 0 amide bonds. The fraction of sp³-hybridized carbons (Fsp3) is 0.200. The van der Waals surface area contributed by atoms with Crippen LogP contribution in [0, 0.1) is 0 Å². The molecule has 0 heterocycles. The Morgan fingerprint density at radius 1 is 1.00 bits per heavy atom. The highest BCUT2D eigenvalue weighted by Gasteiger charge is 2.17. The summed E-state index contributed by atoms with van der Waals surface area (Å²) in [5.41, 5.74) is 8.18. The highest BCUT2D eigenvalue weighted by Crippen LogP contribution is 2.28. The molecule has 0 aliphatic rings. The van der Waals surface area contributed by atoms with E-state index in [1.54, 1.807) is 24.3 Å². The van der Waals surface area contributed by atoms with Crippen LogP contribution >= 0.6 is 0 Å². The minimum atomic E-state index is -3.53. The zero-order valence-electron chi connectivity index (χ0n) is 12.0. The van der Waals surface area contributed by atoms with Crippen molar-refractivity contribution in [1.29, 1.82) is 0 Å². The predicted octanol–water partition coefficient (Wildman–Crippen LogP) is 2.36. The Balaban J connectivity index is 2.47. The number of hydrogen-bond acceptors (Lipinski definition) is 4. The smallest absolute Gasteiger partial charge is 0.242 e. The topological polar surface area (TPSA) is 84.2 Å². The van der Waals surface area contributed by atoms with Crippen LogP contribution in [0.15, 0.2) is 53.4 Å². The standard InChI is InChI=1S/C15H19N3O2S/c1-11(16)12-7-3-4-8-13(12)18-14-9-5-6-10-15(14)21(19,20)17-2/h3-11,17-18H,16H2,1-2H3. The van der Waals surface area contributed by atoms with Gasteiger partial charge in [-0.1, -0.05) is 30.3 Å². The van der Waals surface area contributed by atoms with Crippen molar-refractivity contribution >= 4 is 21.4 Å². The van der Waals surface area contributed by atoms with E-state index in [1.165, 1.54) is 7.05 Å². The SMILES string of the molecule is CNS(=O)(=O)c1ccccc1Nc1ccccc1C(C)N. The molecular formula is C15H19N3O2S. The fourth-order valence-corrected chi connectivity index (χ4v) is 2.95. The third kappa shape index (κ3) is 3.41. The number of para-hydroxylation sites is 2. The largest absolute Gasteiger partial charge is 0.354 e. The molecule has 0 aliphatic carbocycles. The van der Waals surface area contributed by atoms with Crippen molar-refractivity contribution in [2.75, 3.05) is 12.4 Å². The molecule has 0 aliphatic heterocycles. The summed E-state index contributed by atoms with van der Waals surface area (Å²) in [7, 11) is -2.13. The first kappa shape index (κ1) is 15.5. The van der Waals surface area contributed by atoms with Crippen LogP contribution in [0.5, 0.6) is 0 Å². The molecule has 0 bridgehead atoms. The molecular weight excluding hydrogens is 286 g/mol. The first-order valence-corrected chi connectivity index (χ1v) is 8.08. The average molecular weight is 305 g/mol. The summed E-state index contributed by atoms with van der Waals surface area (Å²) in [5, 5.41) is 3.16. The van der Waals surface area contributed by atoms with E-state index in [9.17, 15) is 8.42 Å². The molecule has 2 aromatic carbocycles. The molecule has 0 saturated heterocycles. The van der Waals surface area contributed by atoms with E-state index in [4.69, 9.17) is 5.73 Å². The Bertz CT molecular complexity index is 727. The van der Waals surface area contributed by atoms with Crippen molar-refractivity contribution in [3.63, 3.8) is 0 Å². The van der Waals surface area contributed by atoms with Gasteiger partial charge < -0.3 is 11.1 Å². The Morgan fingerprint density at radius 2 is 1.57 bits per heavy atom. The molecule has 0 spiro atoms. The molecule has 0 radical (unpaired) electrons. The van der Waals surface area contributed by atoms with Gasteiger partial charge in [0.25, 0.3) is 0 Å². The minimum Gasteiger partial charge on any atom is -0.354 e. The molecule has 2 aromatic rings. The number of benzene rings is 2. The van der Waals surface area contributed by atoms with E-state index in [2.05, 4.69) is 10.0 Å². The molecule has 1 unspecified atom stereocenters. The molecule has 0 saturated carbocycles. The Kier molecular flexibility index (Phi) is 4.62. The van der Waals surface area contributed by atoms with Crippen molar-refractivity contribution in [2.24, 2.45) is 5.73 Å². The number of rotatable bonds is 5.